The molecule has 20 heavy (non-hydrogen) atoms. The van der Waals surface area contributed by atoms with E-state index >= 15 is 0 Å². The Hall–Kier alpha value is -2.18. The van der Waals surface area contributed by atoms with Crippen molar-refractivity contribution in [1.29, 1.82) is 0 Å². The molecule has 2 aromatic rings. The first kappa shape index (κ1) is 14.2. The van der Waals surface area contributed by atoms with Crippen LogP contribution in [0.4, 0.5) is 11.9 Å². The Morgan fingerprint density at radius 2 is 2.10 bits per heavy atom. The van der Waals surface area contributed by atoms with Crippen molar-refractivity contribution in [2.75, 3.05) is 23.8 Å². The molecule has 0 saturated carbocycles. The Bertz CT molecular complexity index is 536. The topological polar surface area (TPSA) is 71.8 Å². The predicted molar refractivity (Wildman–Crippen MR) is 79.3 cm³/mol. The van der Waals surface area contributed by atoms with Gasteiger partial charge in [-0.2, -0.15) is 15.0 Å². The van der Waals surface area contributed by atoms with Gasteiger partial charge in [-0.05, 0) is 20.3 Å². The molecule has 0 unspecified atom stereocenters. The monoisotopic (exact) mass is 275 g/mol. The molecule has 0 spiro atoms. The summed E-state index contributed by atoms with van der Waals surface area (Å²) in [6, 6.07) is 0.312. The number of imidazole rings is 1. The molecule has 2 aromatic heterocycles. The third-order valence-electron chi connectivity index (χ3n) is 2.97. The van der Waals surface area contributed by atoms with Crippen molar-refractivity contribution in [2.45, 2.75) is 33.2 Å². The zero-order valence-corrected chi connectivity index (χ0v) is 12.4. The van der Waals surface area contributed by atoms with E-state index in [0.29, 0.717) is 23.9 Å². The molecule has 0 aromatic carbocycles. The standard InChI is InChI=1S/C13H21N7/c1-5-6-15-11-16-12(19(4)10(2)3)18-13(17-11)20-8-7-14-9-20/h7-10H,5-6H2,1-4H3,(H,15,16,17,18). The lowest BCUT2D eigenvalue weighted by atomic mass is 10.4. The van der Waals surface area contributed by atoms with Crippen LogP contribution in [0.1, 0.15) is 27.2 Å². The highest BCUT2D eigenvalue weighted by molar-refractivity contribution is 5.40. The molecule has 108 valence electrons. The summed E-state index contributed by atoms with van der Waals surface area (Å²) in [5, 5.41) is 3.21. The molecule has 0 radical (unpaired) electrons. The highest BCUT2D eigenvalue weighted by Crippen LogP contribution is 2.14. The van der Waals surface area contributed by atoms with E-state index in [1.807, 2.05) is 18.1 Å². The molecule has 0 aliphatic rings. The molecule has 1 N–H and O–H groups in total. The van der Waals surface area contributed by atoms with Crippen molar-refractivity contribution in [3.63, 3.8) is 0 Å². The maximum atomic E-state index is 4.49. The highest BCUT2D eigenvalue weighted by atomic mass is 15.3. The number of anilines is 2. The van der Waals surface area contributed by atoms with Gasteiger partial charge in [0, 0.05) is 32.0 Å². The molecular weight excluding hydrogens is 254 g/mol. The van der Waals surface area contributed by atoms with E-state index in [2.05, 4.69) is 46.0 Å². The van der Waals surface area contributed by atoms with Gasteiger partial charge in [-0.3, -0.25) is 4.57 Å². The number of hydrogen-bond donors (Lipinski definition) is 1. The van der Waals surface area contributed by atoms with Gasteiger partial charge in [-0.15, -0.1) is 0 Å². The molecule has 0 saturated heterocycles. The van der Waals surface area contributed by atoms with Gasteiger partial charge in [-0.1, -0.05) is 6.92 Å². The summed E-state index contributed by atoms with van der Waals surface area (Å²) in [4.78, 5) is 19.4. The van der Waals surface area contributed by atoms with Gasteiger partial charge in [0.2, 0.25) is 17.8 Å². The third kappa shape index (κ3) is 3.23. The Labute approximate surface area is 119 Å². The van der Waals surface area contributed by atoms with Gasteiger partial charge in [0.25, 0.3) is 0 Å². The van der Waals surface area contributed by atoms with Crippen molar-refractivity contribution < 1.29 is 0 Å². The van der Waals surface area contributed by atoms with Crippen molar-refractivity contribution in [2.24, 2.45) is 0 Å². The van der Waals surface area contributed by atoms with Crippen molar-refractivity contribution in [3.8, 4) is 5.95 Å². The molecule has 0 aliphatic heterocycles. The van der Waals surface area contributed by atoms with Gasteiger partial charge >= 0.3 is 0 Å². The van der Waals surface area contributed by atoms with E-state index in [4.69, 9.17) is 0 Å². The van der Waals surface area contributed by atoms with E-state index in [1.54, 1.807) is 17.1 Å². The first-order chi connectivity index (χ1) is 9.61. The fourth-order valence-corrected chi connectivity index (χ4v) is 1.55. The fraction of sp³-hybridized carbons (Fsp3) is 0.538. The largest absolute Gasteiger partial charge is 0.354 e. The molecule has 7 heteroatoms. The summed E-state index contributed by atoms with van der Waals surface area (Å²) in [7, 11) is 1.97. The van der Waals surface area contributed by atoms with Crippen LogP contribution in [0.25, 0.3) is 5.95 Å². The Morgan fingerprint density at radius 1 is 1.30 bits per heavy atom. The summed E-state index contributed by atoms with van der Waals surface area (Å²) in [6.45, 7) is 7.13. The second kappa shape index (κ2) is 6.31. The van der Waals surface area contributed by atoms with E-state index in [-0.39, 0.29) is 0 Å². The van der Waals surface area contributed by atoms with E-state index in [0.717, 1.165) is 13.0 Å². The molecule has 2 rings (SSSR count). The van der Waals surface area contributed by atoms with Gasteiger partial charge in [0.05, 0.1) is 0 Å². The van der Waals surface area contributed by atoms with E-state index < -0.39 is 0 Å². The van der Waals surface area contributed by atoms with E-state index in [9.17, 15) is 0 Å². The van der Waals surface area contributed by atoms with Crippen LogP contribution in [0, 0.1) is 0 Å². The van der Waals surface area contributed by atoms with Crippen LogP contribution >= 0.6 is 0 Å². The summed E-state index contributed by atoms with van der Waals surface area (Å²) >= 11 is 0. The van der Waals surface area contributed by atoms with Crippen molar-refractivity contribution in [1.82, 2.24) is 24.5 Å². The predicted octanol–water partition coefficient (Wildman–Crippen LogP) is 1.72. The molecule has 7 nitrogen and oxygen atoms in total. The zero-order valence-electron chi connectivity index (χ0n) is 12.4. The minimum atomic E-state index is 0.312. The lowest BCUT2D eigenvalue weighted by Gasteiger charge is -2.22. The molecule has 0 fully saturated rings. The van der Waals surface area contributed by atoms with E-state index in [1.165, 1.54) is 0 Å². The van der Waals surface area contributed by atoms with Crippen LogP contribution in [0.15, 0.2) is 18.7 Å². The maximum Gasteiger partial charge on any atom is 0.241 e. The third-order valence-corrected chi connectivity index (χ3v) is 2.97. The minimum Gasteiger partial charge on any atom is -0.354 e. The first-order valence-electron chi connectivity index (χ1n) is 6.83. The van der Waals surface area contributed by atoms with Crippen LogP contribution in [0.3, 0.4) is 0 Å². The molecular formula is C13H21N7. The smallest absolute Gasteiger partial charge is 0.241 e. The zero-order chi connectivity index (χ0) is 14.5. The summed E-state index contributed by atoms with van der Waals surface area (Å²) in [5.74, 6) is 1.81. The quantitative estimate of drug-likeness (QED) is 0.865. The van der Waals surface area contributed by atoms with Crippen molar-refractivity contribution in [3.05, 3.63) is 18.7 Å². The fourth-order valence-electron chi connectivity index (χ4n) is 1.55. The summed E-state index contributed by atoms with van der Waals surface area (Å²) in [5.41, 5.74) is 0. The van der Waals surface area contributed by atoms with Gasteiger partial charge < -0.3 is 10.2 Å². The lowest BCUT2D eigenvalue weighted by molar-refractivity contribution is 0.719. The lowest BCUT2D eigenvalue weighted by Crippen LogP contribution is -2.28. The van der Waals surface area contributed by atoms with Gasteiger partial charge in [0.15, 0.2) is 0 Å². The van der Waals surface area contributed by atoms with Gasteiger partial charge in [0.1, 0.15) is 6.33 Å². The highest BCUT2D eigenvalue weighted by Gasteiger charge is 2.13. The molecule has 0 atom stereocenters. The SMILES string of the molecule is CCCNc1nc(N(C)C(C)C)nc(-n2ccnc2)n1. The second-order valence-electron chi connectivity index (χ2n) is 4.86. The Balaban J connectivity index is 2.38. The number of nitrogens with zero attached hydrogens (tertiary/aromatic N) is 6. The normalized spacial score (nSPS) is 10.8. The van der Waals surface area contributed by atoms with Crippen molar-refractivity contribution >= 4 is 11.9 Å². The average Bonchev–Trinajstić information content (AvgIpc) is 2.98. The number of aromatic nitrogens is 5. The number of nitrogens with one attached hydrogen (secondary N) is 1. The molecule has 2 heterocycles. The first-order valence-corrected chi connectivity index (χ1v) is 6.83. The molecule has 0 bridgehead atoms. The molecule has 0 aliphatic carbocycles. The number of rotatable bonds is 6. The molecule has 0 amide bonds. The average molecular weight is 275 g/mol. The van der Waals surface area contributed by atoms with Crippen LogP contribution in [0.2, 0.25) is 0 Å². The minimum absolute atomic E-state index is 0.312. The van der Waals surface area contributed by atoms with Crippen LogP contribution in [0.5, 0.6) is 0 Å². The Morgan fingerprint density at radius 3 is 2.70 bits per heavy atom. The van der Waals surface area contributed by atoms with Crippen LogP contribution < -0.4 is 10.2 Å². The summed E-state index contributed by atoms with van der Waals surface area (Å²) < 4.78 is 1.77. The van der Waals surface area contributed by atoms with Gasteiger partial charge in [-0.25, -0.2) is 4.98 Å². The van der Waals surface area contributed by atoms with Crippen LogP contribution in [-0.2, 0) is 0 Å². The summed E-state index contributed by atoms with van der Waals surface area (Å²) in [6.07, 6.45) is 6.21. The Kier molecular flexibility index (Phi) is 4.49. The van der Waals surface area contributed by atoms with Crippen LogP contribution in [-0.4, -0.2) is 44.1 Å². The second-order valence-corrected chi connectivity index (χ2v) is 4.86. The number of hydrogen-bond acceptors (Lipinski definition) is 6. The maximum absolute atomic E-state index is 4.49.